The topological polar surface area (TPSA) is 50.2 Å². The van der Waals surface area contributed by atoms with Crippen molar-refractivity contribution >= 4 is 17.3 Å². The van der Waals surface area contributed by atoms with Gasteiger partial charge in [-0.3, -0.25) is 4.79 Å². The molecule has 0 radical (unpaired) electrons. The van der Waals surface area contributed by atoms with Crippen LogP contribution in [0.2, 0.25) is 5.02 Å². The molecule has 1 atom stereocenters. The highest BCUT2D eigenvalue weighted by molar-refractivity contribution is 6.33. The minimum Gasteiger partial charge on any atom is -0.368 e. The molecule has 0 bridgehead atoms. The zero-order chi connectivity index (χ0) is 15.4. The van der Waals surface area contributed by atoms with Crippen molar-refractivity contribution in [3.05, 3.63) is 21.6 Å². The van der Waals surface area contributed by atoms with E-state index in [9.17, 15) is 4.79 Å². The van der Waals surface area contributed by atoms with Crippen molar-refractivity contribution < 1.29 is 0 Å². The second kappa shape index (κ2) is 7.27. The van der Waals surface area contributed by atoms with Crippen molar-refractivity contribution in [3.63, 3.8) is 0 Å². The fraction of sp³-hybridized carbons (Fsp3) is 0.733. The second-order valence-electron chi connectivity index (χ2n) is 5.87. The Kier molecular flexibility index (Phi) is 5.65. The Bertz CT molecular complexity index is 523. The average Bonchev–Trinajstić information content (AvgIpc) is 2.48. The van der Waals surface area contributed by atoms with Crippen molar-refractivity contribution in [1.29, 1.82) is 0 Å². The van der Waals surface area contributed by atoms with E-state index in [1.165, 1.54) is 23.9 Å². The first-order valence-electron chi connectivity index (χ1n) is 7.80. The Balaban J connectivity index is 2.21. The lowest BCUT2D eigenvalue weighted by atomic mass is 10.0. The molecule has 1 unspecified atom stereocenters. The van der Waals surface area contributed by atoms with Crippen molar-refractivity contribution in [2.75, 3.05) is 24.5 Å². The number of hydrogen-bond acceptors (Lipinski definition) is 4. The highest BCUT2D eigenvalue weighted by Gasteiger charge is 2.20. The van der Waals surface area contributed by atoms with Gasteiger partial charge in [-0.05, 0) is 40.2 Å². The van der Waals surface area contributed by atoms with Gasteiger partial charge in [0.1, 0.15) is 5.02 Å². The van der Waals surface area contributed by atoms with Gasteiger partial charge < -0.3 is 10.2 Å². The van der Waals surface area contributed by atoms with Crippen molar-refractivity contribution in [2.45, 2.75) is 52.1 Å². The van der Waals surface area contributed by atoms with Crippen LogP contribution in [0, 0.1) is 0 Å². The summed E-state index contributed by atoms with van der Waals surface area (Å²) in [4.78, 5) is 14.4. The van der Waals surface area contributed by atoms with E-state index in [1.807, 2.05) is 13.8 Å². The van der Waals surface area contributed by atoms with Gasteiger partial charge in [-0.2, -0.15) is 5.10 Å². The molecule has 21 heavy (non-hydrogen) atoms. The van der Waals surface area contributed by atoms with Crippen LogP contribution in [-0.2, 0) is 0 Å². The van der Waals surface area contributed by atoms with E-state index in [0.29, 0.717) is 6.04 Å². The Labute approximate surface area is 131 Å². The maximum Gasteiger partial charge on any atom is 0.287 e. The van der Waals surface area contributed by atoms with E-state index >= 15 is 0 Å². The number of halogens is 1. The molecule has 118 valence electrons. The lowest BCUT2D eigenvalue weighted by Crippen LogP contribution is -2.44. The van der Waals surface area contributed by atoms with Crippen LogP contribution in [0.5, 0.6) is 0 Å². The van der Waals surface area contributed by atoms with Crippen LogP contribution in [-0.4, -0.2) is 35.5 Å². The first-order valence-corrected chi connectivity index (χ1v) is 8.18. The summed E-state index contributed by atoms with van der Waals surface area (Å²) in [7, 11) is 0. The van der Waals surface area contributed by atoms with Crippen LogP contribution in [0.25, 0.3) is 0 Å². The summed E-state index contributed by atoms with van der Waals surface area (Å²) in [6.45, 7) is 8.67. The van der Waals surface area contributed by atoms with Crippen LogP contribution in [0.15, 0.2) is 11.0 Å². The summed E-state index contributed by atoms with van der Waals surface area (Å²) in [6, 6.07) is 0.474. The normalized spacial score (nSPS) is 19.0. The standard InChI is InChI=1S/C15H25ClN4O/c1-4-19(10-12-7-5-6-8-17-12)13-9-18-20(11(2)3)15(21)14(13)16/h9,11-12,17H,4-8,10H2,1-3H3. The molecule has 0 amide bonds. The average molecular weight is 313 g/mol. The maximum absolute atomic E-state index is 12.3. The zero-order valence-electron chi connectivity index (χ0n) is 13.1. The van der Waals surface area contributed by atoms with Crippen LogP contribution in [0.3, 0.4) is 0 Å². The van der Waals surface area contributed by atoms with E-state index in [4.69, 9.17) is 11.6 Å². The Hall–Kier alpha value is -1.07. The molecule has 6 heteroatoms. The van der Waals surface area contributed by atoms with Gasteiger partial charge in [0.05, 0.1) is 17.9 Å². The highest BCUT2D eigenvalue weighted by Crippen LogP contribution is 2.22. The molecule has 1 aromatic heterocycles. The van der Waals surface area contributed by atoms with Gasteiger partial charge in [0, 0.05) is 19.1 Å². The van der Waals surface area contributed by atoms with Crippen LogP contribution < -0.4 is 15.8 Å². The van der Waals surface area contributed by atoms with Gasteiger partial charge in [0.15, 0.2) is 0 Å². The van der Waals surface area contributed by atoms with Crippen LogP contribution in [0.4, 0.5) is 5.69 Å². The third kappa shape index (κ3) is 3.77. The summed E-state index contributed by atoms with van der Waals surface area (Å²) in [5.41, 5.74) is 0.535. The van der Waals surface area contributed by atoms with Gasteiger partial charge in [0.25, 0.3) is 5.56 Å². The number of hydrogen-bond donors (Lipinski definition) is 1. The van der Waals surface area contributed by atoms with Crippen molar-refractivity contribution in [3.8, 4) is 0 Å². The Morgan fingerprint density at radius 3 is 2.86 bits per heavy atom. The molecule has 1 fully saturated rings. The van der Waals surface area contributed by atoms with Gasteiger partial charge >= 0.3 is 0 Å². The summed E-state index contributed by atoms with van der Waals surface area (Å²) in [5.74, 6) is 0. The van der Waals surface area contributed by atoms with E-state index in [-0.39, 0.29) is 16.6 Å². The number of anilines is 1. The molecule has 0 spiro atoms. The smallest absolute Gasteiger partial charge is 0.287 e. The molecule has 1 aromatic rings. The predicted molar refractivity (Wildman–Crippen MR) is 87.4 cm³/mol. The number of rotatable bonds is 5. The molecule has 2 heterocycles. The molecule has 1 N–H and O–H groups in total. The van der Waals surface area contributed by atoms with E-state index in [1.54, 1.807) is 6.20 Å². The van der Waals surface area contributed by atoms with Gasteiger partial charge in [0.2, 0.25) is 0 Å². The fourth-order valence-corrected chi connectivity index (χ4v) is 3.02. The largest absolute Gasteiger partial charge is 0.368 e. The molecular weight excluding hydrogens is 288 g/mol. The number of piperidine rings is 1. The lowest BCUT2D eigenvalue weighted by molar-refractivity contribution is 0.400. The monoisotopic (exact) mass is 312 g/mol. The summed E-state index contributed by atoms with van der Waals surface area (Å²) in [5, 5.41) is 8.06. The van der Waals surface area contributed by atoms with E-state index in [2.05, 4.69) is 22.2 Å². The predicted octanol–water partition coefficient (Wildman–Crippen LogP) is 2.45. The summed E-state index contributed by atoms with van der Waals surface area (Å²) >= 11 is 6.30. The van der Waals surface area contributed by atoms with Gasteiger partial charge in [-0.25, -0.2) is 4.68 Å². The molecular formula is C15H25ClN4O. The van der Waals surface area contributed by atoms with Gasteiger partial charge in [-0.15, -0.1) is 0 Å². The van der Waals surface area contributed by atoms with E-state index in [0.717, 1.165) is 25.3 Å². The molecule has 0 aromatic carbocycles. The first-order chi connectivity index (χ1) is 10.0. The third-order valence-corrected chi connectivity index (χ3v) is 4.35. The number of aromatic nitrogens is 2. The summed E-state index contributed by atoms with van der Waals surface area (Å²) in [6.07, 6.45) is 5.40. The SMILES string of the molecule is CCN(CC1CCCCN1)c1cnn(C(C)C)c(=O)c1Cl. The van der Waals surface area contributed by atoms with E-state index < -0.39 is 0 Å². The Morgan fingerprint density at radius 2 is 2.29 bits per heavy atom. The molecule has 1 aliphatic rings. The zero-order valence-corrected chi connectivity index (χ0v) is 13.9. The van der Waals surface area contributed by atoms with Crippen LogP contribution >= 0.6 is 11.6 Å². The minimum atomic E-state index is -0.209. The quantitative estimate of drug-likeness (QED) is 0.907. The maximum atomic E-state index is 12.3. The molecule has 1 saturated heterocycles. The van der Waals surface area contributed by atoms with Gasteiger partial charge in [-0.1, -0.05) is 18.0 Å². The number of nitrogens with one attached hydrogen (secondary N) is 1. The molecule has 2 rings (SSSR count). The highest BCUT2D eigenvalue weighted by atomic mass is 35.5. The van der Waals surface area contributed by atoms with Crippen molar-refractivity contribution in [2.24, 2.45) is 0 Å². The third-order valence-electron chi connectivity index (χ3n) is 3.99. The molecule has 1 aliphatic heterocycles. The summed E-state index contributed by atoms with van der Waals surface area (Å²) < 4.78 is 1.43. The fourth-order valence-electron chi connectivity index (χ4n) is 2.77. The number of likely N-dealkylation sites (N-methyl/N-ethyl adjacent to an activating group) is 1. The number of nitrogens with zero attached hydrogens (tertiary/aromatic N) is 3. The van der Waals surface area contributed by atoms with Crippen LogP contribution in [0.1, 0.15) is 46.1 Å². The molecule has 0 saturated carbocycles. The molecule has 0 aliphatic carbocycles. The second-order valence-corrected chi connectivity index (χ2v) is 6.25. The Morgan fingerprint density at radius 1 is 1.52 bits per heavy atom. The lowest BCUT2D eigenvalue weighted by Gasteiger charge is -2.31. The minimum absolute atomic E-state index is 0.0131. The van der Waals surface area contributed by atoms with Crippen molar-refractivity contribution in [1.82, 2.24) is 15.1 Å². The first kappa shape index (κ1) is 16.3. The molecule has 5 nitrogen and oxygen atoms in total.